The smallest absolute Gasteiger partial charge is 0.244 e. The Morgan fingerprint density at radius 2 is 1.69 bits per heavy atom. The molecule has 6 nitrogen and oxygen atoms in total. The van der Waals surface area contributed by atoms with Gasteiger partial charge >= 0.3 is 0 Å². The van der Waals surface area contributed by atoms with Crippen molar-refractivity contribution in [3.8, 4) is 0 Å². The molecular formula is C19H29N3O3S. The molecule has 2 aliphatic rings. The third-order valence-electron chi connectivity index (χ3n) is 5.58. The highest BCUT2D eigenvalue weighted by Crippen LogP contribution is 2.30. The second-order valence-corrected chi connectivity index (χ2v) is 9.52. The molecule has 1 aromatic carbocycles. The first kappa shape index (κ1) is 19.3. The average Bonchev–Trinajstić information content (AvgIpc) is 2.88. The fourth-order valence-electron chi connectivity index (χ4n) is 3.87. The van der Waals surface area contributed by atoms with Crippen molar-refractivity contribution >= 4 is 21.6 Å². The first-order valence-corrected chi connectivity index (χ1v) is 11.0. The summed E-state index contributed by atoms with van der Waals surface area (Å²) < 4.78 is 27.8. The van der Waals surface area contributed by atoms with E-state index in [1.165, 1.54) is 0 Å². The van der Waals surface area contributed by atoms with Crippen LogP contribution in [0.15, 0.2) is 23.1 Å². The number of nitrogens with one attached hydrogen (secondary N) is 1. The van der Waals surface area contributed by atoms with E-state index in [0.29, 0.717) is 37.2 Å². The van der Waals surface area contributed by atoms with Gasteiger partial charge in [0.2, 0.25) is 15.9 Å². The van der Waals surface area contributed by atoms with Gasteiger partial charge < -0.3 is 11.1 Å². The normalized spacial score (nSPS) is 21.3. The van der Waals surface area contributed by atoms with Crippen LogP contribution in [0.5, 0.6) is 0 Å². The van der Waals surface area contributed by atoms with Gasteiger partial charge in [0.1, 0.15) is 0 Å². The van der Waals surface area contributed by atoms with Gasteiger partial charge in [-0.25, -0.2) is 8.42 Å². The second-order valence-electron chi connectivity index (χ2n) is 7.62. The first-order valence-electron chi connectivity index (χ1n) is 9.54. The summed E-state index contributed by atoms with van der Waals surface area (Å²) in [7, 11) is -3.56. The van der Waals surface area contributed by atoms with Crippen molar-refractivity contribution in [2.45, 2.75) is 68.7 Å². The maximum Gasteiger partial charge on any atom is 0.244 e. The van der Waals surface area contributed by atoms with Gasteiger partial charge in [0, 0.05) is 18.8 Å². The van der Waals surface area contributed by atoms with Crippen LogP contribution in [-0.2, 0) is 14.8 Å². The Balaban J connectivity index is 1.84. The number of rotatable bonds is 4. The summed E-state index contributed by atoms with van der Waals surface area (Å²) in [5.74, 6) is -0.225. The van der Waals surface area contributed by atoms with Crippen LogP contribution in [0.4, 0.5) is 5.69 Å². The van der Waals surface area contributed by atoms with E-state index in [4.69, 9.17) is 5.73 Å². The third-order valence-corrected chi connectivity index (χ3v) is 7.62. The van der Waals surface area contributed by atoms with Crippen LogP contribution < -0.4 is 11.1 Å². The number of benzene rings is 1. The van der Waals surface area contributed by atoms with E-state index in [1.807, 2.05) is 0 Å². The Morgan fingerprint density at radius 3 is 2.31 bits per heavy atom. The standard InChI is InChI=1S/C19H29N3O3S/c1-15-8-9-16(21-18(23)19(20)10-4-5-11-19)14-17(15)26(24,25)22-12-6-2-3-7-13-22/h8-9,14H,2-7,10-13,20H2,1H3,(H,21,23). The molecule has 144 valence electrons. The van der Waals surface area contributed by atoms with Crippen LogP contribution in [0.25, 0.3) is 0 Å². The molecule has 0 spiro atoms. The number of carbonyl (C=O) groups is 1. The van der Waals surface area contributed by atoms with E-state index in [-0.39, 0.29) is 10.8 Å². The molecule has 0 unspecified atom stereocenters. The monoisotopic (exact) mass is 379 g/mol. The molecule has 1 saturated carbocycles. The van der Waals surface area contributed by atoms with E-state index in [2.05, 4.69) is 5.32 Å². The molecule has 0 bridgehead atoms. The molecule has 1 amide bonds. The molecule has 3 rings (SSSR count). The maximum absolute atomic E-state index is 13.1. The number of nitrogens with zero attached hydrogens (tertiary/aromatic N) is 1. The Morgan fingerprint density at radius 1 is 1.08 bits per heavy atom. The summed E-state index contributed by atoms with van der Waals surface area (Å²) in [6, 6.07) is 5.07. The topological polar surface area (TPSA) is 92.5 Å². The SMILES string of the molecule is Cc1ccc(NC(=O)C2(N)CCCC2)cc1S(=O)(=O)N1CCCCCC1. The molecule has 1 aliphatic carbocycles. The van der Waals surface area contributed by atoms with Gasteiger partial charge in [-0.1, -0.05) is 31.7 Å². The number of aryl methyl sites for hydroxylation is 1. The summed E-state index contributed by atoms with van der Waals surface area (Å²) in [6.07, 6.45) is 7.17. The highest BCUT2D eigenvalue weighted by molar-refractivity contribution is 7.89. The van der Waals surface area contributed by atoms with Crippen LogP contribution in [0.3, 0.4) is 0 Å². The van der Waals surface area contributed by atoms with Crippen molar-refractivity contribution in [1.82, 2.24) is 4.31 Å². The maximum atomic E-state index is 13.1. The van der Waals surface area contributed by atoms with E-state index in [1.54, 1.807) is 29.4 Å². The second kappa shape index (κ2) is 7.66. The van der Waals surface area contributed by atoms with E-state index >= 15 is 0 Å². The summed E-state index contributed by atoms with van der Waals surface area (Å²) in [5.41, 5.74) is 6.54. The molecule has 1 saturated heterocycles. The van der Waals surface area contributed by atoms with E-state index < -0.39 is 15.6 Å². The fraction of sp³-hybridized carbons (Fsp3) is 0.632. The van der Waals surface area contributed by atoms with Gasteiger partial charge in [0.05, 0.1) is 10.4 Å². The van der Waals surface area contributed by atoms with Crippen LogP contribution in [0.2, 0.25) is 0 Å². The van der Waals surface area contributed by atoms with Crippen LogP contribution >= 0.6 is 0 Å². The van der Waals surface area contributed by atoms with Crippen molar-refractivity contribution < 1.29 is 13.2 Å². The van der Waals surface area contributed by atoms with Gasteiger partial charge in [-0.05, 0) is 50.3 Å². The van der Waals surface area contributed by atoms with Gasteiger partial charge in [0.15, 0.2) is 0 Å². The van der Waals surface area contributed by atoms with E-state index in [0.717, 1.165) is 38.5 Å². The number of hydrogen-bond acceptors (Lipinski definition) is 4. The number of anilines is 1. The lowest BCUT2D eigenvalue weighted by Crippen LogP contribution is -2.48. The van der Waals surface area contributed by atoms with Gasteiger partial charge in [0.25, 0.3) is 0 Å². The lowest BCUT2D eigenvalue weighted by atomic mass is 9.98. The Kier molecular flexibility index (Phi) is 5.69. The molecular weight excluding hydrogens is 350 g/mol. The summed E-state index contributed by atoms with van der Waals surface area (Å²) in [5, 5.41) is 2.83. The Labute approximate surface area is 156 Å². The molecule has 2 fully saturated rings. The summed E-state index contributed by atoms with van der Waals surface area (Å²) >= 11 is 0. The highest BCUT2D eigenvalue weighted by Gasteiger charge is 2.37. The predicted molar refractivity (Wildman–Crippen MR) is 102 cm³/mol. The Bertz CT molecular complexity index is 762. The molecule has 0 atom stereocenters. The lowest BCUT2D eigenvalue weighted by Gasteiger charge is -2.24. The quantitative estimate of drug-likeness (QED) is 0.841. The zero-order chi connectivity index (χ0) is 18.8. The molecule has 1 aliphatic heterocycles. The number of carbonyl (C=O) groups excluding carboxylic acids is 1. The highest BCUT2D eigenvalue weighted by atomic mass is 32.2. The number of nitrogens with two attached hydrogens (primary N) is 1. The minimum Gasteiger partial charge on any atom is -0.324 e. The fourth-order valence-corrected chi connectivity index (χ4v) is 5.63. The summed E-state index contributed by atoms with van der Waals surface area (Å²) in [4.78, 5) is 12.8. The summed E-state index contributed by atoms with van der Waals surface area (Å²) in [6.45, 7) is 2.91. The number of amides is 1. The molecule has 26 heavy (non-hydrogen) atoms. The molecule has 0 radical (unpaired) electrons. The molecule has 0 aromatic heterocycles. The van der Waals surface area contributed by atoms with Crippen molar-refractivity contribution in [2.75, 3.05) is 18.4 Å². The predicted octanol–water partition coefficient (Wildman–Crippen LogP) is 2.77. The van der Waals surface area contributed by atoms with Gasteiger partial charge in [-0.2, -0.15) is 4.31 Å². The minimum absolute atomic E-state index is 0.225. The molecule has 3 N–H and O–H groups in total. The first-order chi connectivity index (χ1) is 12.3. The Hall–Kier alpha value is -1.44. The largest absolute Gasteiger partial charge is 0.324 e. The third kappa shape index (κ3) is 3.94. The molecule has 7 heteroatoms. The van der Waals surface area contributed by atoms with Crippen LogP contribution in [-0.4, -0.2) is 37.3 Å². The molecule has 1 aromatic rings. The van der Waals surface area contributed by atoms with Crippen LogP contribution in [0, 0.1) is 6.92 Å². The average molecular weight is 380 g/mol. The molecule has 1 heterocycles. The number of sulfonamides is 1. The van der Waals surface area contributed by atoms with Crippen LogP contribution in [0.1, 0.15) is 56.9 Å². The van der Waals surface area contributed by atoms with Crippen molar-refractivity contribution in [2.24, 2.45) is 5.73 Å². The zero-order valence-corrected chi connectivity index (χ0v) is 16.3. The van der Waals surface area contributed by atoms with Crippen molar-refractivity contribution in [3.05, 3.63) is 23.8 Å². The van der Waals surface area contributed by atoms with Crippen molar-refractivity contribution in [3.63, 3.8) is 0 Å². The van der Waals surface area contributed by atoms with E-state index in [9.17, 15) is 13.2 Å². The zero-order valence-electron chi connectivity index (χ0n) is 15.5. The van der Waals surface area contributed by atoms with Gasteiger partial charge in [-0.15, -0.1) is 0 Å². The minimum atomic E-state index is -3.56. The van der Waals surface area contributed by atoms with Crippen molar-refractivity contribution in [1.29, 1.82) is 0 Å². The number of hydrogen-bond donors (Lipinski definition) is 2. The van der Waals surface area contributed by atoms with Gasteiger partial charge in [-0.3, -0.25) is 4.79 Å². The lowest BCUT2D eigenvalue weighted by molar-refractivity contribution is -0.121.